The summed E-state index contributed by atoms with van der Waals surface area (Å²) in [6.45, 7) is 0.909. The second kappa shape index (κ2) is 9.79. The quantitative estimate of drug-likeness (QED) is 0.600. The van der Waals surface area contributed by atoms with E-state index in [9.17, 15) is 17.6 Å². The SMILES string of the molecule is CN(C)c1ccc(NC(=O)C2CC2)cc1CN(CC1CCCO1)S(=O)(=O)c1ccc(F)cc1. The van der Waals surface area contributed by atoms with E-state index in [4.69, 9.17) is 4.74 Å². The van der Waals surface area contributed by atoms with Crippen molar-refractivity contribution in [3.8, 4) is 0 Å². The van der Waals surface area contributed by atoms with Crippen molar-refractivity contribution in [2.75, 3.05) is 37.5 Å². The van der Waals surface area contributed by atoms with E-state index in [1.165, 1.54) is 16.4 Å². The van der Waals surface area contributed by atoms with E-state index in [-0.39, 0.29) is 35.9 Å². The Kier molecular flexibility index (Phi) is 7.02. The van der Waals surface area contributed by atoms with Crippen LogP contribution in [0.1, 0.15) is 31.2 Å². The molecule has 1 aliphatic carbocycles. The zero-order valence-electron chi connectivity index (χ0n) is 19.0. The van der Waals surface area contributed by atoms with Crippen molar-refractivity contribution in [1.82, 2.24) is 4.31 Å². The van der Waals surface area contributed by atoms with Gasteiger partial charge in [-0.3, -0.25) is 4.79 Å². The van der Waals surface area contributed by atoms with Crippen LogP contribution in [0.4, 0.5) is 15.8 Å². The summed E-state index contributed by atoms with van der Waals surface area (Å²) in [5.41, 5.74) is 2.26. The molecule has 2 fully saturated rings. The van der Waals surface area contributed by atoms with Crippen molar-refractivity contribution in [1.29, 1.82) is 0 Å². The molecule has 2 aromatic carbocycles. The molecule has 2 aliphatic rings. The number of hydrogen-bond acceptors (Lipinski definition) is 5. The standard InChI is InChI=1S/C24H30FN3O4S/c1-27(2)23-12-9-20(26-24(29)17-5-6-17)14-18(23)15-28(16-21-4-3-13-32-21)33(30,31)22-10-7-19(25)8-11-22/h7-12,14,17,21H,3-6,13,15-16H2,1-2H3,(H,26,29). The lowest BCUT2D eigenvalue weighted by atomic mass is 10.1. The Balaban J connectivity index is 1.66. The molecule has 0 aromatic heterocycles. The molecule has 1 aliphatic heterocycles. The van der Waals surface area contributed by atoms with Crippen LogP contribution in [0.2, 0.25) is 0 Å². The molecule has 1 amide bonds. The van der Waals surface area contributed by atoms with Gasteiger partial charge in [0.15, 0.2) is 0 Å². The van der Waals surface area contributed by atoms with Crippen molar-refractivity contribution < 1.29 is 22.3 Å². The maximum absolute atomic E-state index is 13.5. The maximum Gasteiger partial charge on any atom is 0.243 e. The lowest BCUT2D eigenvalue weighted by Crippen LogP contribution is -2.37. The minimum absolute atomic E-state index is 0.00583. The number of benzene rings is 2. The van der Waals surface area contributed by atoms with E-state index in [2.05, 4.69) is 5.32 Å². The Morgan fingerprint density at radius 2 is 1.85 bits per heavy atom. The Labute approximate surface area is 194 Å². The van der Waals surface area contributed by atoms with Crippen LogP contribution in [0.5, 0.6) is 0 Å². The molecule has 4 rings (SSSR count). The molecule has 0 radical (unpaired) electrons. The number of rotatable bonds is 9. The Bertz CT molecular complexity index is 1100. The maximum atomic E-state index is 13.5. The van der Waals surface area contributed by atoms with E-state index in [1.807, 2.05) is 37.2 Å². The highest BCUT2D eigenvalue weighted by Crippen LogP contribution is 2.32. The molecule has 1 unspecified atom stereocenters. The van der Waals surface area contributed by atoms with E-state index in [0.29, 0.717) is 12.3 Å². The zero-order valence-corrected chi connectivity index (χ0v) is 19.8. The van der Waals surface area contributed by atoms with Gasteiger partial charge in [0, 0.05) is 51.1 Å². The molecule has 1 saturated carbocycles. The van der Waals surface area contributed by atoms with Gasteiger partial charge in [0.25, 0.3) is 0 Å². The van der Waals surface area contributed by atoms with Crippen molar-refractivity contribution >= 4 is 27.3 Å². The molecule has 7 nitrogen and oxygen atoms in total. The first-order chi connectivity index (χ1) is 15.7. The van der Waals surface area contributed by atoms with Gasteiger partial charge in [-0.1, -0.05) is 0 Å². The fraction of sp³-hybridized carbons (Fsp3) is 0.458. The predicted molar refractivity (Wildman–Crippen MR) is 125 cm³/mol. The smallest absolute Gasteiger partial charge is 0.243 e. The summed E-state index contributed by atoms with van der Waals surface area (Å²) in [5.74, 6) is -0.431. The van der Waals surface area contributed by atoms with Gasteiger partial charge in [-0.25, -0.2) is 12.8 Å². The third-order valence-corrected chi connectivity index (χ3v) is 7.83. The summed E-state index contributed by atoms with van der Waals surface area (Å²) in [6.07, 6.45) is 3.29. The van der Waals surface area contributed by atoms with Gasteiger partial charge in [0.2, 0.25) is 15.9 Å². The van der Waals surface area contributed by atoms with E-state index >= 15 is 0 Å². The third kappa shape index (κ3) is 5.72. The average molecular weight is 476 g/mol. The molecular weight excluding hydrogens is 445 g/mol. The monoisotopic (exact) mass is 475 g/mol. The van der Waals surface area contributed by atoms with E-state index in [1.54, 1.807) is 0 Å². The summed E-state index contributed by atoms with van der Waals surface area (Å²) in [6, 6.07) is 10.4. The molecule has 0 bridgehead atoms. The number of nitrogens with zero attached hydrogens (tertiary/aromatic N) is 2. The zero-order chi connectivity index (χ0) is 23.6. The molecular formula is C24H30FN3O4S. The number of halogens is 1. The summed E-state index contributed by atoms with van der Waals surface area (Å²) < 4.78 is 47.6. The van der Waals surface area contributed by atoms with Gasteiger partial charge >= 0.3 is 0 Å². The number of sulfonamides is 1. The number of carbonyl (C=O) groups excluding carboxylic acids is 1. The number of carbonyl (C=O) groups is 1. The molecule has 0 spiro atoms. The number of hydrogen-bond donors (Lipinski definition) is 1. The minimum Gasteiger partial charge on any atom is -0.377 e. The highest BCUT2D eigenvalue weighted by molar-refractivity contribution is 7.89. The van der Waals surface area contributed by atoms with Gasteiger partial charge in [-0.2, -0.15) is 4.31 Å². The predicted octanol–water partition coefficient (Wildman–Crippen LogP) is 3.61. The van der Waals surface area contributed by atoms with Gasteiger partial charge in [-0.15, -0.1) is 0 Å². The first kappa shape index (κ1) is 23.7. The van der Waals surface area contributed by atoms with E-state index in [0.717, 1.165) is 49.1 Å². The summed E-state index contributed by atoms with van der Waals surface area (Å²) in [7, 11) is -0.126. The normalized spacial score (nSPS) is 18.5. The van der Waals surface area contributed by atoms with Crippen LogP contribution >= 0.6 is 0 Å². The first-order valence-electron chi connectivity index (χ1n) is 11.2. The number of amides is 1. The lowest BCUT2D eigenvalue weighted by molar-refractivity contribution is -0.117. The second-order valence-corrected chi connectivity index (χ2v) is 10.8. The lowest BCUT2D eigenvalue weighted by Gasteiger charge is -2.27. The summed E-state index contributed by atoms with van der Waals surface area (Å²) in [5, 5.41) is 2.94. The number of nitrogens with one attached hydrogen (secondary N) is 1. The molecule has 178 valence electrons. The fourth-order valence-corrected chi connectivity index (χ4v) is 5.47. The van der Waals surface area contributed by atoms with Crippen LogP contribution in [-0.4, -0.2) is 52.0 Å². The molecule has 33 heavy (non-hydrogen) atoms. The highest BCUT2D eigenvalue weighted by atomic mass is 32.2. The van der Waals surface area contributed by atoms with Crippen molar-refractivity contribution in [2.45, 2.75) is 43.2 Å². The van der Waals surface area contributed by atoms with Crippen LogP contribution in [0.3, 0.4) is 0 Å². The largest absolute Gasteiger partial charge is 0.377 e. The minimum atomic E-state index is -3.90. The average Bonchev–Trinajstić information content (AvgIpc) is 3.50. The van der Waals surface area contributed by atoms with Gasteiger partial charge < -0.3 is 15.0 Å². The Morgan fingerprint density at radius 1 is 1.12 bits per heavy atom. The number of anilines is 2. The molecule has 2 aromatic rings. The molecule has 1 saturated heterocycles. The summed E-state index contributed by atoms with van der Waals surface area (Å²) in [4.78, 5) is 14.2. The second-order valence-electron chi connectivity index (χ2n) is 8.89. The van der Waals surface area contributed by atoms with Crippen LogP contribution in [0.15, 0.2) is 47.4 Å². The van der Waals surface area contributed by atoms with Crippen LogP contribution in [-0.2, 0) is 26.1 Å². The van der Waals surface area contributed by atoms with Gasteiger partial charge in [-0.05, 0) is 73.7 Å². The molecule has 1 heterocycles. The molecule has 1 N–H and O–H groups in total. The fourth-order valence-electron chi connectivity index (χ4n) is 4.02. The first-order valence-corrected chi connectivity index (χ1v) is 12.7. The van der Waals surface area contributed by atoms with E-state index < -0.39 is 15.8 Å². The topological polar surface area (TPSA) is 79.0 Å². The molecule has 1 atom stereocenters. The van der Waals surface area contributed by atoms with Crippen LogP contribution in [0.25, 0.3) is 0 Å². The highest BCUT2D eigenvalue weighted by Gasteiger charge is 2.31. The van der Waals surface area contributed by atoms with Crippen molar-refractivity contribution in [2.24, 2.45) is 5.92 Å². The van der Waals surface area contributed by atoms with Crippen molar-refractivity contribution in [3.05, 3.63) is 53.8 Å². The Hall–Kier alpha value is -2.49. The summed E-state index contributed by atoms with van der Waals surface area (Å²) >= 11 is 0. The molecule has 9 heteroatoms. The van der Waals surface area contributed by atoms with Gasteiger partial charge in [0.05, 0.1) is 11.0 Å². The van der Waals surface area contributed by atoms with Crippen LogP contribution in [0, 0.1) is 11.7 Å². The van der Waals surface area contributed by atoms with Crippen LogP contribution < -0.4 is 10.2 Å². The number of ether oxygens (including phenoxy) is 1. The third-order valence-electron chi connectivity index (χ3n) is 6.01. The van der Waals surface area contributed by atoms with Gasteiger partial charge in [0.1, 0.15) is 5.82 Å². The Morgan fingerprint density at radius 3 is 2.45 bits per heavy atom. The van der Waals surface area contributed by atoms with Crippen molar-refractivity contribution in [3.63, 3.8) is 0 Å².